The predicted molar refractivity (Wildman–Crippen MR) is 109 cm³/mol. The van der Waals surface area contributed by atoms with Crippen LogP contribution >= 0.6 is 24.2 Å². The Bertz CT molecular complexity index is 626. The molecule has 0 fully saturated rings. The summed E-state index contributed by atoms with van der Waals surface area (Å²) in [6, 6.07) is 6.33. The maximum atomic E-state index is 12.2. The molecule has 0 saturated heterocycles. The molecular weight excluding hydrogens is 390 g/mol. The summed E-state index contributed by atoms with van der Waals surface area (Å²) in [6.45, 7) is 3.45. The van der Waals surface area contributed by atoms with Crippen LogP contribution in [-0.2, 0) is 19.1 Å². The molecule has 2 atom stereocenters. The first-order valence-corrected chi connectivity index (χ1v) is 9.54. The highest BCUT2D eigenvalue weighted by atomic mass is 35.5. The highest BCUT2D eigenvalue weighted by Gasteiger charge is 2.21. The van der Waals surface area contributed by atoms with Crippen molar-refractivity contribution in [2.45, 2.75) is 37.2 Å². The summed E-state index contributed by atoms with van der Waals surface area (Å²) < 4.78 is 4.70. The van der Waals surface area contributed by atoms with Gasteiger partial charge < -0.3 is 21.1 Å². The van der Waals surface area contributed by atoms with Crippen molar-refractivity contribution in [2.24, 2.45) is 11.7 Å². The summed E-state index contributed by atoms with van der Waals surface area (Å²) >= 11 is 1.60. The van der Waals surface area contributed by atoms with Gasteiger partial charge in [-0.15, -0.1) is 24.2 Å². The van der Waals surface area contributed by atoms with Crippen LogP contribution in [0.15, 0.2) is 29.2 Å². The molecular formula is C18H28ClN3O4S. The lowest BCUT2D eigenvalue weighted by Crippen LogP contribution is -2.47. The summed E-state index contributed by atoms with van der Waals surface area (Å²) in [5.74, 6) is -1.25. The molecule has 0 aliphatic heterocycles. The largest absolute Gasteiger partial charge is 0.469 e. The van der Waals surface area contributed by atoms with Crippen molar-refractivity contribution < 1.29 is 19.1 Å². The van der Waals surface area contributed by atoms with Gasteiger partial charge in [0.2, 0.25) is 11.8 Å². The average molecular weight is 418 g/mol. The molecule has 1 aromatic rings. The molecule has 152 valence electrons. The maximum absolute atomic E-state index is 12.2. The molecule has 1 unspecified atom stereocenters. The number of benzene rings is 1. The van der Waals surface area contributed by atoms with E-state index in [9.17, 15) is 14.4 Å². The minimum atomic E-state index is -0.673. The topological polar surface area (TPSA) is 111 Å². The summed E-state index contributed by atoms with van der Waals surface area (Å²) in [5.41, 5.74) is 6.53. The van der Waals surface area contributed by atoms with Crippen molar-refractivity contribution >= 4 is 42.0 Å². The lowest BCUT2D eigenvalue weighted by molar-refractivity contribution is -0.141. The number of halogens is 1. The molecule has 2 amide bonds. The Morgan fingerprint density at radius 3 is 2.26 bits per heavy atom. The van der Waals surface area contributed by atoms with E-state index in [1.165, 1.54) is 7.11 Å². The smallest absolute Gasteiger partial charge is 0.307 e. The lowest BCUT2D eigenvalue weighted by Gasteiger charge is -2.20. The van der Waals surface area contributed by atoms with Crippen molar-refractivity contribution in [2.75, 3.05) is 19.9 Å². The Labute approximate surface area is 170 Å². The predicted octanol–water partition coefficient (Wildman–Crippen LogP) is 1.65. The number of thioether (sulfide) groups is 1. The van der Waals surface area contributed by atoms with Crippen LogP contribution in [0.5, 0.6) is 0 Å². The summed E-state index contributed by atoms with van der Waals surface area (Å²) in [7, 11) is 1.30. The van der Waals surface area contributed by atoms with Crippen molar-refractivity contribution in [3.63, 3.8) is 0 Å². The van der Waals surface area contributed by atoms with Crippen molar-refractivity contribution in [1.29, 1.82) is 0 Å². The molecule has 0 aliphatic carbocycles. The highest BCUT2D eigenvalue weighted by Crippen LogP contribution is 2.21. The van der Waals surface area contributed by atoms with Crippen molar-refractivity contribution in [1.82, 2.24) is 10.6 Å². The number of nitrogens with one attached hydrogen (secondary N) is 2. The van der Waals surface area contributed by atoms with Gasteiger partial charge in [-0.1, -0.05) is 26.0 Å². The minimum Gasteiger partial charge on any atom is -0.469 e. The van der Waals surface area contributed by atoms with E-state index in [0.717, 1.165) is 10.5 Å². The molecule has 0 saturated carbocycles. The van der Waals surface area contributed by atoms with E-state index in [0.29, 0.717) is 0 Å². The zero-order chi connectivity index (χ0) is 19.7. The molecule has 1 rings (SSSR count). The third kappa shape index (κ3) is 8.64. The monoisotopic (exact) mass is 417 g/mol. The van der Waals surface area contributed by atoms with E-state index in [1.807, 2.05) is 44.4 Å². The van der Waals surface area contributed by atoms with E-state index >= 15 is 0 Å². The summed E-state index contributed by atoms with van der Waals surface area (Å²) in [6.07, 6.45) is 1.97. The molecule has 9 heteroatoms. The van der Waals surface area contributed by atoms with Crippen LogP contribution < -0.4 is 16.4 Å². The SMILES string of the molecule is COC(=O)CC(NC(=O)CNC(=O)[C@@H](N)C(C)C)c1ccc(SC)cc1.Cl. The van der Waals surface area contributed by atoms with E-state index < -0.39 is 24.0 Å². The van der Waals surface area contributed by atoms with Gasteiger partial charge in [-0.3, -0.25) is 14.4 Å². The molecule has 0 radical (unpaired) electrons. The third-order valence-electron chi connectivity index (χ3n) is 3.90. The number of hydrogen-bond donors (Lipinski definition) is 3. The molecule has 7 nitrogen and oxygen atoms in total. The maximum Gasteiger partial charge on any atom is 0.307 e. The molecule has 4 N–H and O–H groups in total. The standard InChI is InChI=1S/C18H27N3O4S.ClH/c1-11(2)17(19)18(24)20-10-15(22)21-14(9-16(23)25-3)12-5-7-13(26-4)8-6-12;/h5-8,11,14,17H,9-10,19H2,1-4H3,(H,20,24)(H,21,22);1H/t14?,17-;/m0./s1. The van der Waals surface area contributed by atoms with Gasteiger partial charge in [0, 0.05) is 4.90 Å². The Morgan fingerprint density at radius 2 is 1.78 bits per heavy atom. The van der Waals surface area contributed by atoms with Crippen molar-refractivity contribution in [3.8, 4) is 0 Å². The fourth-order valence-corrected chi connectivity index (χ4v) is 2.58. The van der Waals surface area contributed by atoms with Gasteiger partial charge in [0.25, 0.3) is 0 Å². The quantitative estimate of drug-likeness (QED) is 0.416. The summed E-state index contributed by atoms with van der Waals surface area (Å²) in [5, 5.41) is 5.27. The van der Waals surface area contributed by atoms with Crippen LogP contribution in [0, 0.1) is 5.92 Å². The first-order valence-electron chi connectivity index (χ1n) is 8.31. The number of carbonyl (C=O) groups excluding carboxylic acids is 3. The Balaban J connectivity index is 0.00000676. The van der Waals surface area contributed by atoms with Gasteiger partial charge in [-0.25, -0.2) is 0 Å². The number of rotatable bonds is 9. The van der Waals surface area contributed by atoms with Gasteiger partial charge in [0.15, 0.2) is 0 Å². The van der Waals surface area contributed by atoms with Crippen LogP contribution in [0.25, 0.3) is 0 Å². The fraction of sp³-hybridized carbons (Fsp3) is 0.500. The van der Waals surface area contributed by atoms with Crippen LogP contribution in [0.4, 0.5) is 0 Å². The number of methoxy groups -OCH3 is 1. The van der Waals surface area contributed by atoms with E-state index in [4.69, 9.17) is 10.5 Å². The molecule has 0 spiro atoms. The minimum absolute atomic E-state index is 0. The van der Waals surface area contributed by atoms with Gasteiger partial charge in [-0.05, 0) is 29.9 Å². The van der Waals surface area contributed by atoms with Gasteiger partial charge >= 0.3 is 5.97 Å². The van der Waals surface area contributed by atoms with Crippen molar-refractivity contribution in [3.05, 3.63) is 29.8 Å². The second kappa shape index (κ2) is 12.6. The zero-order valence-corrected chi connectivity index (χ0v) is 17.6. The number of ether oxygens (including phenoxy) is 1. The number of carbonyl (C=O) groups is 3. The van der Waals surface area contributed by atoms with Crippen LogP contribution in [0.2, 0.25) is 0 Å². The van der Waals surface area contributed by atoms with E-state index in [1.54, 1.807) is 11.8 Å². The highest BCUT2D eigenvalue weighted by molar-refractivity contribution is 7.98. The Hall–Kier alpha value is -1.77. The third-order valence-corrected chi connectivity index (χ3v) is 4.64. The molecule has 0 aliphatic rings. The number of nitrogens with two attached hydrogens (primary N) is 1. The molecule has 27 heavy (non-hydrogen) atoms. The van der Waals surface area contributed by atoms with Gasteiger partial charge in [0.05, 0.1) is 32.2 Å². The van der Waals surface area contributed by atoms with E-state index in [-0.39, 0.29) is 37.2 Å². The zero-order valence-electron chi connectivity index (χ0n) is 16.0. The van der Waals surface area contributed by atoms with E-state index in [2.05, 4.69) is 10.6 Å². The number of hydrogen-bond acceptors (Lipinski definition) is 6. The normalized spacial score (nSPS) is 12.5. The van der Waals surface area contributed by atoms with Gasteiger partial charge in [0.1, 0.15) is 0 Å². The molecule has 0 heterocycles. The molecule has 1 aromatic carbocycles. The van der Waals surface area contributed by atoms with Crippen LogP contribution in [-0.4, -0.2) is 43.7 Å². The Kier molecular flexibility index (Phi) is 11.8. The number of esters is 1. The number of amides is 2. The first-order chi connectivity index (χ1) is 12.3. The fourth-order valence-electron chi connectivity index (χ4n) is 2.17. The van der Waals surface area contributed by atoms with Crippen LogP contribution in [0.1, 0.15) is 31.9 Å². The second-order valence-electron chi connectivity index (χ2n) is 6.16. The van der Waals surface area contributed by atoms with Gasteiger partial charge in [-0.2, -0.15) is 0 Å². The second-order valence-corrected chi connectivity index (χ2v) is 7.04. The first kappa shape index (κ1) is 25.2. The average Bonchev–Trinajstić information content (AvgIpc) is 2.64. The Morgan fingerprint density at radius 1 is 1.19 bits per heavy atom. The lowest BCUT2D eigenvalue weighted by atomic mass is 10.0. The molecule has 0 bridgehead atoms. The molecule has 0 aromatic heterocycles. The summed E-state index contributed by atoms with van der Waals surface area (Å²) in [4.78, 5) is 36.8. The van der Waals surface area contributed by atoms with Crippen LogP contribution in [0.3, 0.4) is 0 Å².